The summed E-state index contributed by atoms with van der Waals surface area (Å²) in [5, 5.41) is 2.63. The number of imide groups is 1. The largest absolute Gasteiger partial charge is 0.416 e. The van der Waals surface area contributed by atoms with Gasteiger partial charge in [-0.1, -0.05) is 19.1 Å². The number of epoxide rings is 1. The molecule has 6 rings (SSSR count). The number of nitrogens with zero attached hydrogens (tertiary/aromatic N) is 2. The maximum Gasteiger partial charge on any atom is 0.416 e. The number of ether oxygens (including phenoxy) is 1. The molecule has 210 valence electrons. The highest BCUT2D eigenvalue weighted by Crippen LogP contribution is 2.61. The van der Waals surface area contributed by atoms with E-state index >= 15 is 4.39 Å². The second-order valence-electron chi connectivity index (χ2n) is 11.2. The molecule has 3 unspecified atom stereocenters. The van der Waals surface area contributed by atoms with Crippen LogP contribution in [-0.2, 0) is 39.1 Å². The molecule has 3 aromatic rings. The molecule has 10 heteroatoms. The van der Waals surface area contributed by atoms with Gasteiger partial charge in [0, 0.05) is 43.2 Å². The van der Waals surface area contributed by atoms with E-state index in [1.807, 2.05) is 13.8 Å². The second kappa shape index (κ2) is 9.34. The lowest BCUT2D eigenvalue weighted by Crippen LogP contribution is -2.44. The van der Waals surface area contributed by atoms with Crippen LogP contribution >= 0.6 is 0 Å². The lowest BCUT2D eigenvalue weighted by atomic mass is 9.80. The van der Waals surface area contributed by atoms with Crippen LogP contribution in [0.5, 0.6) is 0 Å². The van der Waals surface area contributed by atoms with E-state index in [9.17, 15) is 22.8 Å². The van der Waals surface area contributed by atoms with Crippen LogP contribution in [0, 0.1) is 5.82 Å². The Kier molecular flexibility index (Phi) is 6.27. The number of carbonyl (C=O) groups is 2. The van der Waals surface area contributed by atoms with Gasteiger partial charge in [0.1, 0.15) is 17.0 Å². The molecule has 1 N–H and O–H groups in total. The first-order chi connectivity index (χ1) is 18.9. The Morgan fingerprint density at radius 1 is 1.15 bits per heavy atom. The molecular formula is C30H29F4N3O3. The standard InChI is InChI=1S/C30H29F4N3O3/c1-3-17-12-20(30(32,33)34)5-4-18(17)15-37-11-10-29(28(2,16-37)40-29)23-7-8-24-22(26(23)31)13-19(14-35-24)21-6-9-25(38)36-27(21)39/h4-5,7-8,12-14,21H,3,6,9-11,15-16H2,1-2H3,(H,36,38,39). The number of carbonyl (C=O) groups excluding carboxylic acids is 2. The minimum Gasteiger partial charge on any atom is -0.356 e. The predicted octanol–water partition coefficient (Wildman–Crippen LogP) is 5.37. The van der Waals surface area contributed by atoms with Gasteiger partial charge in [0.2, 0.25) is 11.8 Å². The van der Waals surface area contributed by atoms with Crippen molar-refractivity contribution in [3.05, 3.63) is 76.2 Å². The molecule has 2 amide bonds. The topological polar surface area (TPSA) is 74.8 Å². The van der Waals surface area contributed by atoms with Gasteiger partial charge in [-0.2, -0.15) is 13.2 Å². The molecule has 2 aromatic carbocycles. The highest BCUT2D eigenvalue weighted by atomic mass is 19.4. The third-order valence-corrected chi connectivity index (χ3v) is 8.72. The molecule has 0 aliphatic carbocycles. The van der Waals surface area contributed by atoms with Crippen molar-refractivity contribution < 1.29 is 31.9 Å². The number of hydrogen-bond acceptors (Lipinski definition) is 5. The third-order valence-electron chi connectivity index (χ3n) is 8.72. The average molecular weight is 556 g/mol. The Bertz CT molecular complexity index is 1540. The van der Waals surface area contributed by atoms with Gasteiger partial charge in [0.15, 0.2) is 0 Å². The number of piperidine rings is 2. The number of rotatable bonds is 5. The van der Waals surface area contributed by atoms with Crippen molar-refractivity contribution in [2.24, 2.45) is 0 Å². The van der Waals surface area contributed by atoms with Crippen molar-refractivity contribution in [1.82, 2.24) is 15.2 Å². The summed E-state index contributed by atoms with van der Waals surface area (Å²) in [7, 11) is 0. The van der Waals surface area contributed by atoms with Crippen molar-refractivity contribution in [2.45, 2.75) is 69.4 Å². The number of aryl methyl sites for hydroxylation is 1. The molecule has 4 heterocycles. The van der Waals surface area contributed by atoms with Gasteiger partial charge in [-0.3, -0.25) is 24.8 Å². The van der Waals surface area contributed by atoms with Gasteiger partial charge in [0.25, 0.3) is 0 Å². The maximum absolute atomic E-state index is 16.1. The van der Waals surface area contributed by atoms with Gasteiger partial charge in [-0.25, -0.2) is 4.39 Å². The molecule has 40 heavy (non-hydrogen) atoms. The number of nitrogens with one attached hydrogen (secondary N) is 1. The van der Waals surface area contributed by atoms with Crippen molar-refractivity contribution in [3.63, 3.8) is 0 Å². The summed E-state index contributed by atoms with van der Waals surface area (Å²) in [5.41, 5.74) is 0.835. The van der Waals surface area contributed by atoms with Crippen LogP contribution in [0.25, 0.3) is 10.9 Å². The molecule has 0 saturated carbocycles. The zero-order chi connectivity index (χ0) is 28.4. The SMILES string of the molecule is CCc1cc(C(F)(F)F)ccc1CN1CCC2(c3ccc4ncc(C5CCC(=O)NC5=O)cc4c3F)OC2(C)C1. The van der Waals surface area contributed by atoms with E-state index in [-0.39, 0.29) is 12.3 Å². The monoisotopic (exact) mass is 555 g/mol. The normalized spacial score (nSPS) is 27.0. The number of pyridine rings is 1. The summed E-state index contributed by atoms with van der Waals surface area (Å²) < 4.78 is 62.0. The van der Waals surface area contributed by atoms with Gasteiger partial charge in [0.05, 0.1) is 17.0 Å². The van der Waals surface area contributed by atoms with Crippen molar-refractivity contribution >= 4 is 22.7 Å². The van der Waals surface area contributed by atoms with Crippen molar-refractivity contribution in [1.29, 1.82) is 0 Å². The number of benzene rings is 2. The first-order valence-electron chi connectivity index (χ1n) is 13.5. The van der Waals surface area contributed by atoms with Crippen LogP contribution in [0.1, 0.15) is 66.8 Å². The molecule has 0 radical (unpaired) electrons. The van der Waals surface area contributed by atoms with E-state index in [1.165, 1.54) is 6.07 Å². The number of likely N-dealkylation sites (tertiary alicyclic amines) is 1. The van der Waals surface area contributed by atoms with Gasteiger partial charge in [-0.15, -0.1) is 0 Å². The maximum atomic E-state index is 16.1. The minimum atomic E-state index is -4.38. The summed E-state index contributed by atoms with van der Waals surface area (Å²) in [4.78, 5) is 30.5. The number of aromatic nitrogens is 1. The fraction of sp³-hybridized carbons (Fsp3) is 0.433. The molecule has 0 bridgehead atoms. The summed E-state index contributed by atoms with van der Waals surface area (Å²) in [5.74, 6) is -1.73. The lowest BCUT2D eigenvalue weighted by Gasteiger charge is -2.33. The fourth-order valence-electron chi connectivity index (χ4n) is 6.49. The lowest BCUT2D eigenvalue weighted by molar-refractivity contribution is -0.138. The van der Waals surface area contributed by atoms with E-state index in [0.717, 1.165) is 11.6 Å². The summed E-state index contributed by atoms with van der Waals surface area (Å²) in [6.45, 7) is 5.35. The van der Waals surface area contributed by atoms with Crippen LogP contribution in [0.2, 0.25) is 0 Å². The number of alkyl halides is 3. The zero-order valence-corrected chi connectivity index (χ0v) is 22.2. The molecule has 3 fully saturated rings. The van der Waals surface area contributed by atoms with Crippen LogP contribution in [-0.4, -0.2) is 40.4 Å². The van der Waals surface area contributed by atoms with Gasteiger partial charge >= 0.3 is 6.18 Å². The number of amides is 2. The highest BCUT2D eigenvalue weighted by Gasteiger charge is 2.70. The fourth-order valence-corrected chi connectivity index (χ4v) is 6.49. The van der Waals surface area contributed by atoms with E-state index in [0.29, 0.717) is 66.5 Å². The van der Waals surface area contributed by atoms with Crippen LogP contribution < -0.4 is 5.32 Å². The van der Waals surface area contributed by atoms with E-state index in [2.05, 4.69) is 15.2 Å². The molecule has 3 saturated heterocycles. The molecule has 3 aliphatic rings. The summed E-state index contributed by atoms with van der Waals surface area (Å²) >= 11 is 0. The Balaban J connectivity index is 1.24. The van der Waals surface area contributed by atoms with E-state index in [4.69, 9.17) is 4.74 Å². The van der Waals surface area contributed by atoms with Crippen LogP contribution in [0.4, 0.5) is 17.6 Å². The van der Waals surface area contributed by atoms with Crippen LogP contribution in [0.3, 0.4) is 0 Å². The van der Waals surface area contributed by atoms with Gasteiger partial charge in [-0.05, 0) is 67.1 Å². The van der Waals surface area contributed by atoms with Crippen LogP contribution in [0.15, 0.2) is 42.6 Å². The molecule has 3 aliphatic heterocycles. The Morgan fingerprint density at radius 2 is 1.95 bits per heavy atom. The molecular weight excluding hydrogens is 526 g/mol. The number of halogens is 4. The predicted molar refractivity (Wildman–Crippen MR) is 139 cm³/mol. The highest BCUT2D eigenvalue weighted by molar-refractivity contribution is 6.01. The van der Waals surface area contributed by atoms with Crippen molar-refractivity contribution in [3.8, 4) is 0 Å². The first kappa shape index (κ1) is 26.8. The third kappa shape index (κ3) is 4.37. The minimum absolute atomic E-state index is 0.217. The van der Waals surface area contributed by atoms with Gasteiger partial charge < -0.3 is 4.74 Å². The van der Waals surface area contributed by atoms with E-state index in [1.54, 1.807) is 30.5 Å². The molecule has 6 nitrogen and oxygen atoms in total. The quantitative estimate of drug-likeness (QED) is 0.261. The Morgan fingerprint density at radius 3 is 2.65 bits per heavy atom. The Labute approximate surface area is 228 Å². The molecule has 3 atom stereocenters. The number of fused-ring (bicyclic) bond motifs is 2. The first-order valence-corrected chi connectivity index (χ1v) is 13.5. The molecule has 1 aromatic heterocycles. The Hall–Kier alpha value is -3.37. The number of hydrogen-bond donors (Lipinski definition) is 1. The smallest absolute Gasteiger partial charge is 0.356 e. The summed E-state index contributed by atoms with van der Waals surface area (Å²) in [6, 6.07) is 9.00. The average Bonchev–Trinajstić information content (AvgIpc) is 3.54. The van der Waals surface area contributed by atoms with E-state index < -0.39 is 40.6 Å². The summed E-state index contributed by atoms with van der Waals surface area (Å²) in [6.07, 6.45) is -1.25. The molecule has 0 spiro atoms. The van der Waals surface area contributed by atoms with Crippen molar-refractivity contribution in [2.75, 3.05) is 13.1 Å². The second-order valence-corrected chi connectivity index (χ2v) is 11.2. The zero-order valence-electron chi connectivity index (χ0n) is 22.2.